The summed E-state index contributed by atoms with van der Waals surface area (Å²) in [6.07, 6.45) is 1.41. The molecule has 3 amide bonds. The SMILES string of the molecule is COc1n[nH]c(C(=O)Nc2ccc(C=O)c(CN(C)C3CCC(=O)NC3=O)c2)c1C. The number of benzene rings is 1. The van der Waals surface area contributed by atoms with Gasteiger partial charge in [-0.1, -0.05) is 0 Å². The lowest BCUT2D eigenvalue weighted by Gasteiger charge is -2.30. The van der Waals surface area contributed by atoms with Gasteiger partial charge in [-0.2, -0.15) is 0 Å². The predicted octanol–water partition coefficient (Wildman–Crippen LogP) is 1.03. The van der Waals surface area contributed by atoms with Crippen molar-refractivity contribution in [3.63, 3.8) is 0 Å². The summed E-state index contributed by atoms with van der Waals surface area (Å²) in [7, 11) is 3.22. The number of nitrogens with one attached hydrogen (secondary N) is 3. The minimum absolute atomic E-state index is 0.268. The summed E-state index contributed by atoms with van der Waals surface area (Å²) in [5, 5.41) is 11.7. The Morgan fingerprint density at radius 3 is 2.80 bits per heavy atom. The average molecular weight is 413 g/mol. The number of piperidine rings is 1. The molecule has 2 heterocycles. The van der Waals surface area contributed by atoms with Crippen LogP contribution in [0.2, 0.25) is 0 Å². The van der Waals surface area contributed by atoms with E-state index in [0.29, 0.717) is 41.2 Å². The number of aromatic nitrogens is 2. The lowest BCUT2D eigenvalue weighted by Crippen LogP contribution is -2.51. The number of rotatable bonds is 7. The molecular formula is C20H23N5O5. The third-order valence-electron chi connectivity index (χ3n) is 5.08. The van der Waals surface area contributed by atoms with Gasteiger partial charge in [-0.15, -0.1) is 5.10 Å². The summed E-state index contributed by atoms with van der Waals surface area (Å²) in [5.41, 5.74) is 2.44. The first-order valence-corrected chi connectivity index (χ1v) is 9.36. The number of anilines is 1. The van der Waals surface area contributed by atoms with Gasteiger partial charge in [0.2, 0.25) is 17.7 Å². The summed E-state index contributed by atoms with van der Waals surface area (Å²) >= 11 is 0. The molecular weight excluding hydrogens is 390 g/mol. The van der Waals surface area contributed by atoms with Crippen molar-refractivity contribution in [3.05, 3.63) is 40.6 Å². The summed E-state index contributed by atoms with van der Waals surface area (Å²) in [5.74, 6) is -0.696. The Hall–Kier alpha value is -3.53. The van der Waals surface area contributed by atoms with Crippen LogP contribution in [0.25, 0.3) is 0 Å². The number of H-pyrrole nitrogens is 1. The maximum absolute atomic E-state index is 12.6. The van der Waals surface area contributed by atoms with E-state index in [0.717, 1.165) is 6.29 Å². The Kier molecular flexibility index (Phi) is 6.26. The highest BCUT2D eigenvalue weighted by Gasteiger charge is 2.30. The zero-order valence-corrected chi connectivity index (χ0v) is 16.9. The number of likely N-dealkylation sites (N-methyl/N-ethyl adjacent to an activating group) is 1. The summed E-state index contributed by atoms with van der Waals surface area (Å²) in [6.45, 7) is 2.01. The molecule has 30 heavy (non-hydrogen) atoms. The van der Waals surface area contributed by atoms with Gasteiger partial charge >= 0.3 is 0 Å². The summed E-state index contributed by atoms with van der Waals surface area (Å²) in [4.78, 5) is 49.3. The van der Waals surface area contributed by atoms with Gasteiger partial charge in [0.25, 0.3) is 5.91 Å². The maximum Gasteiger partial charge on any atom is 0.274 e. The molecule has 1 aromatic heterocycles. The second-order valence-electron chi connectivity index (χ2n) is 7.10. The monoisotopic (exact) mass is 413 g/mol. The zero-order chi connectivity index (χ0) is 21.8. The molecule has 0 radical (unpaired) electrons. The minimum atomic E-state index is -0.472. The van der Waals surface area contributed by atoms with Gasteiger partial charge in [-0.05, 0) is 44.2 Å². The number of ether oxygens (including phenoxy) is 1. The highest BCUT2D eigenvalue weighted by Crippen LogP contribution is 2.22. The first-order valence-electron chi connectivity index (χ1n) is 9.36. The molecule has 0 bridgehead atoms. The number of carbonyl (C=O) groups is 4. The molecule has 10 nitrogen and oxygen atoms in total. The number of hydrogen-bond donors (Lipinski definition) is 3. The normalized spacial score (nSPS) is 16.3. The highest BCUT2D eigenvalue weighted by atomic mass is 16.5. The minimum Gasteiger partial charge on any atom is -0.480 e. The van der Waals surface area contributed by atoms with Gasteiger partial charge in [0.05, 0.1) is 13.2 Å². The van der Waals surface area contributed by atoms with Crippen LogP contribution in [0.5, 0.6) is 5.88 Å². The molecule has 1 aromatic carbocycles. The molecule has 1 aliphatic heterocycles. The number of amides is 3. The first kappa shape index (κ1) is 21.2. The molecule has 158 valence electrons. The molecule has 3 rings (SSSR count). The standard InChI is InChI=1S/C20H23N5O5/c1-11-17(23-24-20(11)30-3)19(29)21-14-5-4-12(10-26)13(8-14)9-25(2)15-6-7-16(27)22-18(15)28/h4-5,8,10,15H,6-7,9H2,1-3H3,(H,21,29)(H,23,24)(H,22,27,28). The summed E-state index contributed by atoms with van der Waals surface area (Å²) < 4.78 is 5.07. The van der Waals surface area contributed by atoms with E-state index in [-0.39, 0.29) is 23.9 Å². The molecule has 1 unspecified atom stereocenters. The van der Waals surface area contributed by atoms with Gasteiger partial charge in [-0.3, -0.25) is 34.5 Å². The van der Waals surface area contributed by atoms with E-state index in [1.54, 1.807) is 37.1 Å². The molecule has 1 saturated heterocycles. The van der Waals surface area contributed by atoms with Crippen LogP contribution in [0.1, 0.15) is 44.8 Å². The zero-order valence-electron chi connectivity index (χ0n) is 16.9. The van der Waals surface area contributed by atoms with Crippen LogP contribution < -0.4 is 15.4 Å². The second kappa shape index (κ2) is 8.87. The van der Waals surface area contributed by atoms with Crippen LogP contribution >= 0.6 is 0 Å². The Morgan fingerprint density at radius 1 is 1.40 bits per heavy atom. The second-order valence-corrected chi connectivity index (χ2v) is 7.10. The molecule has 0 aliphatic carbocycles. The number of nitrogens with zero attached hydrogens (tertiary/aromatic N) is 2. The van der Waals surface area contributed by atoms with Crippen molar-refractivity contribution in [1.29, 1.82) is 0 Å². The molecule has 1 aliphatic rings. The maximum atomic E-state index is 12.6. The van der Waals surface area contributed by atoms with Crippen molar-refractivity contribution in [2.75, 3.05) is 19.5 Å². The van der Waals surface area contributed by atoms with Crippen LogP contribution in [0.4, 0.5) is 5.69 Å². The fraction of sp³-hybridized carbons (Fsp3) is 0.350. The van der Waals surface area contributed by atoms with E-state index in [2.05, 4.69) is 20.8 Å². The number of aldehydes is 1. The fourth-order valence-corrected chi connectivity index (χ4v) is 3.41. The highest BCUT2D eigenvalue weighted by molar-refractivity contribution is 6.04. The molecule has 1 atom stereocenters. The molecule has 3 N–H and O–H groups in total. The van der Waals surface area contributed by atoms with E-state index in [1.165, 1.54) is 7.11 Å². The van der Waals surface area contributed by atoms with Crippen molar-refractivity contribution >= 4 is 29.7 Å². The van der Waals surface area contributed by atoms with E-state index < -0.39 is 11.9 Å². The van der Waals surface area contributed by atoms with Gasteiger partial charge in [0.15, 0.2) is 0 Å². The number of imide groups is 1. The van der Waals surface area contributed by atoms with E-state index in [4.69, 9.17) is 4.74 Å². The van der Waals surface area contributed by atoms with E-state index in [1.807, 2.05) is 0 Å². The quantitative estimate of drug-likeness (QED) is 0.456. The van der Waals surface area contributed by atoms with Crippen molar-refractivity contribution in [2.45, 2.75) is 32.4 Å². The number of carbonyl (C=O) groups excluding carboxylic acids is 4. The lowest BCUT2D eigenvalue weighted by atomic mass is 10.0. The number of methoxy groups -OCH3 is 1. The number of hydrogen-bond acceptors (Lipinski definition) is 7. The Bertz CT molecular complexity index is 999. The average Bonchev–Trinajstić information content (AvgIpc) is 3.08. The fourth-order valence-electron chi connectivity index (χ4n) is 3.41. The molecule has 1 fully saturated rings. The van der Waals surface area contributed by atoms with Crippen LogP contribution in [0.3, 0.4) is 0 Å². The van der Waals surface area contributed by atoms with Crippen LogP contribution in [0.15, 0.2) is 18.2 Å². The molecule has 10 heteroatoms. The smallest absolute Gasteiger partial charge is 0.274 e. The molecule has 0 spiro atoms. The van der Waals surface area contributed by atoms with Crippen LogP contribution in [-0.2, 0) is 16.1 Å². The predicted molar refractivity (Wildman–Crippen MR) is 107 cm³/mol. The van der Waals surface area contributed by atoms with Gasteiger partial charge in [-0.25, -0.2) is 0 Å². The Labute approximate surface area is 173 Å². The van der Waals surface area contributed by atoms with E-state index >= 15 is 0 Å². The van der Waals surface area contributed by atoms with Crippen molar-refractivity contribution in [2.24, 2.45) is 0 Å². The van der Waals surface area contributed by atoms with Crippen molar-refractivity contribution in [1.82, 2.24) is 20.4 Å². The molecule has 0 saturated carbocycles. The van der Waals surface area contributed by atoms with Crippen molar-refractivity contribution < 1.29 is 23.9 Å². The topological polar surface area (TPSA) is 133 Å². The Morgan fingerprint density at radius 2 is 2.17 bits per heavy atom. The van der Waals surface area contributed by atoms with Gasteiger partial charge in [0.1, 0.15) is 12.0 Å². The third kappa shape index (κ3) is 4.38. The van der Waals surface area contributed by atoms with Gasteiger partial charge in [0, 0.05) is 29.8 Å². The molecule has 2 aromatic rings. The summed E-state index contributed by atoms with van der Waals surface area (Å²) in [6, 6.07) is 4.45. The van der Waals surface area contributed by atoms with Gasteiger partial charge < -0.3 is 10.1 Å². The van der Waals surface area contributed by atoms with Crippen molar-refractivity contribution in [3.8, 4) is 5.88 Å². The Balaban J connectivity index is 1.77. The largest absolute Gasteiger partial charge is 0.480 e. The van der Waals surface area contributed by atoms with Crippen LogP contribution in [0, 0.1) is 6.92 Å². The lowest BCUT2D eigenvalue weighted by molar-refractivity contribution is -0.137. The van der Waals surface area contributed by atoms with E-state index in [9.17, 15) is 19.2 Å². The first-order chi connectivity index (χ1) is 14.3. The number of aromatic amines is 1. The van der Waals surface area contributed by atoms with Crippen LogP contribution in [-0.4, -0.2) is 59.3 Å². The third-order valence-corrected chi connectivity index (χ3v) is 5.08.